The maximum atomic E-state index is 15.4. The Labute approximate surface area is 507 Å². The van der Waals surface area contributed by atoms with E-state index in [0.29, 0.717) is 29.5 Å². The van der Waals surface area contributed by atoms with Crippen LogP contribution in [0.1, 0.15) is 81.4 Å². The Hall–Kier alpha value is -8.90. The Morgan fingerprint density at radius 1 is 0.724 bits per heavy atom. The number of carboxylic acid groups (broad SMARTS) is 1. The van der Waals surface area contributed by atoms with E-state index in [0.717, 1.165) is 0 Å². The second-order valence-electron chi connectivity index (χ2n) is 21.8. The number of β-amino-alcohol motifs (C(OH)–C–C–N with tert-alkyl or cyclic N) is 1. The van der Waals surface area contributed by atoms with E-state index >= 15 is 9.59 Å². The van der Waals surface area contributed by atoms with Crippen LogP contribution in [0.5, 0.6) is 0 Å². The molecule has 1 aromatic heterocycles. The summed E-state index contributed by atoms with van der Waals surface area (Å²) in [4.78, 5) is 145. The number of guanidine groups is 3. The number of hydrogen-bond acceptors (Lipinski definition) is 15. The molecule has 0 bridgehead atoms. The number of nitrogens with zero attached hydrogens (tertiary/aromatic N) is 7. The summed E-state index contributed by atoms with van der Waals surface area (Å²) in [5, 5.41) is 35.2. The summed E-state index contributed by atoms with van der Waals surface area (Å²) in [7, 11) is 0. The van der Waals surface area contributed by atoms with E-state index in [9.17, 15) is 43.8 Å². The Morgan fingerprint density at radius 2 is 1.31 bits per heavy atom. The molecule has 6 rings (SSSR count). The normalized spacial score (nSPS) is 19.5. The molecular weight excluding hydrogens is 1140 g/mol. The first-order valence-corrected chi connectivity index (χ1v) is 29.8. The molecule has 0 radical (unpaired) electrons. The van der Waals surface area contributed by atoms with Crippen LogP contribution in [0, 0.1) is 0 Å². The van der Waals surface area contributed by atoms with Gasteiger partial charge >= 0.3 is 5.97 Å². The SMILES string of the molecule is C[C@@](NC(=O)CNC(=O)[C@@H]1C[C@@H](O)CN1C(=O)[C@@H]1CCCN1C(=O)[C@H](CCCN=C(N)N)NC(=O)[C@H](N)CCCN=C(N)N)(C(=O)N1CCN([C@@H](Cc2ccccc2)C(=O)N[C@@H](CCCN=C(N)N)C(=O)O)C(=O)[C@@H]1Cc1ccccc1)c1ccsc1. The van der Waals surface area contributed by atoms with E-state index in [1.165, 1.54) is 37.9 Å². The van der Waals surface area contributed by atoms with Crippen molar-refractivity contribution < 1.29 is 53.4 Å². The number of nitrogens with two attached hydrogens (primary N) is 7. The predicted molar refractivity (Wildman–Crippen MR) is 324 cm³/mol. The molecule has 472 valence electrons. The summed E-state index contributed by atoms with van der Waals surface area (Å²) in [6.07, 6.45) is 0.349. The average Bonchev–Trinajstić information content (AvgIpc) is 1.71. The molecule has 30 heteroatoms. The summed E-state index contributed by atoms with van der Waals surface area (Å²) < 4.78 is 0. The number of piperazine rings is 1. The maximum Gasteiger partial charge on any atom is 0.326 e. The summed E-state index contributed by atoms with van der Waals surface area (Å²) in [6, 6.07) is 11.0. The molecule has 4 heterocycles. The number of carbonyl (C=O) groups excluding carboxylic acids is 8. The van der Waals surface area contributed by atoms with Crippen molar-refractivity contribution in [2.45, 2.75) is 131 Å². The standard InChI is InChI=1S/C57H82N18O11S/c1-57(36-20-27-87-33-36,53(86)74-26-25-73(51(83)44(74)29-35-14-6-3-7-15-35)42(28-34-12-4-2-5-13-34)48(80)70-40(52(84)85)18-10-23-67-56(63)64)71-45(77)31-68-47(79)43-30-37(76)32-75(43)50(82)41-19-11-24-72(41)49(81)39(17-9-22-66-55(61)62)69-46(78)38(58)16-8-21-65-54(59)60/h2-7,12-15,20,27,33,37-44,76H,8-11,16-19,21-26,28-32,58H2,1H3,(H,68,79)(H,69,78)(H,70,80)(H,71,77)(H,84,85)(H4,59,60,65)(H4,61,62,66)(H4,63,64,67)/t37-,38-,39+,40+,41+,42+,43+,44+,57+/m1/s1. The monoisotopic (exact) mass is 1230 g/mol. The minimum Gasteiger partial charge on any atom is -0.480 e. The fraction of sp³-hybridized carbons (Fsp3) is 0.509. The zero-order chi connectivity index (χ0) is 63.4. The highest BCUT2D eigenvalue weighted by Gasteiger charge is 2.50. The first-order chi connectivity index (χ1) is 41.5. The van der Waals surface area contributed by atoms with Gasteiger partial charge in [-0.05, 0) is 91.8 Å². The van der Waals surface area contributed by atoms with E-state index in [2.05, 4.69) is 36.2 Å². The number of aliphatic imine (C=N–C) groups is 3. The van der Waals surface area contributed by atoms with Gasteiger partial charge in [-0.2, -0.15) is 11.3 Å². The molecule has 87 heavy (non-hydrogen) atoms. The number of aliphatic hydroxyl groups is 1. The fourth-order valence-corrected chi connectivity index (χ4v) is 11.7. The molecule has 3 fully saturated rings. The highest BCUT2D eigenvalue weighted by Crippen LogP contribution is 2.31. The molecule has 0 unspecified atom stereocenters. The Balaban J connectivity index is 1.18. The molecule has 2 aromatic carbocycles. The van der Waals surface area contributed by atoms with Gasteiger partial charge in [0.2, 0.25) is 41.4 Å². The summed E-state index contributed by atoms with van der Waals surface area (Å²) in [5.74, 6) is -7.24. The second kappa shape index (κ2) is 32.0. The zero-order valence-electron chi connectivity index (χ0n) is 48.7. The number of aliphatic hydroxyl groups excluding tert-OH is 1. The number of rotatable bonds is 30. The second-order valence-corrected chi connectivity index (χ2v) is 22.6. The molecule has 0 aliphatic carbocycles. The van der Waals surface area contributed by atoms with Crippen LogP contribution in [0.15, 0.2) is 92.5 Å². The number of carboxylic acids is 1. The van der Waals surface area contributed by atoms with Crippen LogP contribution in [0.3, 0.4) is 0 Å². The fourth-order valence-electron chi connectivity index (χ4n) is 11.0. The highest BCUT2D eigenvalue weighted by atomic mass is 32.1. The van der Waals surface area contributed by atoms with E-state index in [4.69, 9.17) is 40.1 Å². The van der Waals surface area contributed by atoms with Crippen molar-refractivity contribution in [2.24, 2.45) is 55.1 Å². The van der Waals surface area contributed by atoms with Crippen molar-refractivity contribution in [1.82, 2.24) is 40.9 Å². The smallest absolute Gasteiger partial charge is 0.326 e. The topological polar surface area (TPSA) is 474 Å². The first-order valence-electron chi connectivity index (χ1n) is 28.8. The van der Waals surface area contributed by atoms with Gasteiger partial charge in [0.25, 0.3) is 5.91 Å². The van der Waals surface area contributed by atoms with Gasteiger partial charge in [0.05, 0.1) is 18.7 Å². The molecule has 3 aliphatic heterocycles. The van der Waals surface area contributed by atoms with Crippen LogP contribution < -0.4 is 61.4 Å². The number of amides is 8. The van der Waals surface area contributed by atoms with Gasteiger partial charge in [-0.25, -0.2) is 4.79 Å². The number of likely N-dealkylation sites (tertiary alicyclic amines) is 2. The number of aliphatic carboxylic acids is 1. The lowest BCUT2D eigenvalue weighted by Crippen LogP contribution is -2.68. The molecule has 29 nitrogen and oxygen atoms in total. The van der Waals surface area contributed by atoms with Gasteiger partial charge in [-0.15, -0.1) is 0 Å². The Kier molecular flexibility index (Phi) is 24.7. The van der Waals surface area contributed by atoms with E-state index in [1.807, 2.05) is 0 Å². The largest absolute Gasteiger partial charge is 0.480 e. The number of hydrogen-bond donors (Lipinski definition) is 13. The Bertz CT molecular complexity index is 2960. The van der Waals surface area contributed by atoms with Crippen LogP contribution in [0.25, 0.3) is 0 Å². The summed E-state index contributed by atoms with van der Waals surface area (Å²) in [6.45, 7) is 0.834. The molecule has 0 spiro atoms. The van der Waals surface area contributed by atoms with Crippen molar-refractivity contribution in [3.63, 3.8) is 0 Å². The third-order valence-corrected chi connectivity index (χ3v) is 16.1. The molecule has 3 aromatic rings. The van der Waals surface area contributed by atoms with Crippen molar-refractivity contribution in [1.29, 1.82) is 0 Å². The molecular formula is C57H82N18O11S. The first kappa shape index (κ1) is 67.2. The van der Waals surface area contributed by atoms with Gasteiger partial charge in [-0.1, -0.05) is 60.7 Å². The number of nitrogens with one attached hydrogen (secondary N) is 4. The van der Waals surface area contributed by atoms with E-state index in [-0.39, 0.29) is 121 Å². The van der Waals surface area contributed by atoms with Crippen LogP contribution in [-0.4, -0.2) is 202 Å². The van der Waals surface area contributed by atoms with Gasteiger partial charge < -0.3 is 91.2 Å². The third-order valence-electron chi connectivity index (χ3n) is 15.5. The number of benzene rings is 2. The number of carbonyl (C=O) groups is 9. The van der Waals surface area contributed by atoms with Gasteiger partial charge in [0.1, 0.15) is 41.8 Å². The minimum atomic E-state index is -1.86. The zero-order valence-corrected chi connectivity index (χ0v) is 49.5. The molecule has 9 atom stereocenters. The lowest BCUT2D eigenvalue weighted by Gasteiger charge is -2.46. The van der Waals surface area contributed by atoms with Gasteiger partial charge in [-0.3, -0.25) is 53.3 Å². The van der Waals surface area contributed by atoms with Crippen molar-refractivity contribution in [3.05, 3.63) is 94.2 Å². The molecule has 3 aliphatic rings. The lowest BCUT2D eigenvalue weighted by molar-refractivity contribution is -0.159. The quantitative estimate of drug-likeness (QED) is 0.0176. The van der Waals surface area contributed by atoms with E-state index in [1.54, 1.807) is 77.5 Å². The van der Waals surface area contributed by atoms with Crippen molar-refractivity contribution in [3.8, 4) is 0 Å². The van der Waals surface area contributed by atoms with Gasteiger partial charge in [0.15, 0.2) is 17.9 Å². The molecule has 8 amide bonds. The molecule has 3 saturated heterocycles. The Morgan fingerprint density at radius 3 is 1.90 bits per heavy atom. The van der Waals surface area contributed by atoms with Crippen LogP contribution in [-0.2, 0) is 61.5 Å². The molecule has 20 N–H and O–H groups in total. The van der Waals surface area contributed by atoms with Crippen LogP contribution in [0.4, 0.5) is 0 Å². The van der Waals surface area contributed by atoms with Crippen LogP contribution >= 0.6 is 11.3 Å². The third kappa shape index (κ3) is 18.8. The number of thiophene rings is 1. The highest BCUT2D eigenvalue weighted by molar-refractivity contribution is 7.08. The molecule has 0 saturated carbocycles. The average molecular weight is 1230 g/mol. The van der Waals surface area contributed by atoms with Crippen LogP contribution in [0.2, 0.25) is 0 Å². The summed E-state index contributed by atoms with van der Waals surface area (Å²) in [5.41, 5.74) is 38.7. The summed E-state index contributed by atoms with van der Waals surface area (Å²) >= 11 is 1.25. The minimum absolute atomic E-state index is 0.00376. The maximum absolute atomic E-state index is 15.4. The van der Waals surface area contributed by atoms with Crippen molar-refractivity contribution in [2.75, 3.05) is 52.4 Å². The van der Waals surface area contributed by atoms with Crippen molar-refractivity contribution >= 4 is 82.4 Å². The predicted octanol–water partition coefficient (Wildman–Crippen LogP) is -3.42. The lowest BCUT2D eigenvalue weighted by atomic mass is 9.89. The van der Waals surface area contributed by atoms with E-state index < -0.39 is 114 Å². The van der Waals surface area contributed by atoms with Gasteiger partial charge in [0, 0.05) is 65.1 Å².